The number of halogens is 2. The first-order valence-electron chi connectivity index (χ1n) is 5.31. The van der Waals surface area contributed by atoms with Crippen LogP contribution in [0.5, 0.6) is 0 Å². The van der Waals surface area contributed by atoms with E-state index in [1.54, 1.807) is 25.1 Å². The van der Waals surface area contributed by atoms with Crippen molar-refractivity contribution < 1.29 is 14.7 Å². The molecule has 0 radical (unpaired) electrons. The summed E-state index contributed by atoms with van der Waals surface area (Å²) in [5.74, 6) is -2.63. The van der Waals surface area contributed by atoms with E-state index >= 15 is 0 Å². The van der Waals surface area contributed by atoms with E-state index in [2.05, 4.69) is 27.9 Å². The number of hydrogen-bond donors (Lipinski definition) is 2. The van der Waals surface area contributed by atoms with Gasteiger partial charge in [0.05, 0.1) is 11.6 Å². The number of benzene rings is 1. The number of carboxylic acids is 1. The highest BCUT2D eigenvalue weighted by molar-refractivity contribution is 14.1. The lowest BCUT2D eigenvalue weighted by atomic mass is 9.95. The Morgan fingerprint density at radius 3 is 2.44 bits per heavy atom. The first-order chi connectivity index (χ1) is 8.32. The molecule has 0 aliphatic heterocycles. The standard InChI is InChI=1S/C12H13ClINO3/c1-6(7(2)12(17)18)11(16)15-10-4-3-8(13)5-9(10)14/h3-7H,1-2H3,(H,15,16)(H,17,18). The normalized spacial score (nSPS) is 13.8. The second kappa shape index (κ2) is 6.38. The molecule has 0 saturated heterocycles. The average molecular weight is 382 g/mol. The van der Waals surface area contributed by atoms with Crippen molar-refractivity contribution in [3.63, 3.8) is 0 Å². The SMILES string of the molecule is CC(C(=O)O)C(C)C(=O)Nc1ccc(Cl)cc1I. The summed E-state index contributed by atoms with van der Waals surface area (Å²) in [6, 6.07) is 5.09. The number of nitrogens with one attached hydrogen (secondary N) is 1. The smallest absolute Gasteiger partial charge is 0.307 e. The minimum absolute atomic E-state index is 0.315. The number of anilines is 1. The molecule has 2 N–H and O–H groups in total. The lowest BCUT2D eigenvalue weighted by Crippen LogP contribution is -2.30. The predicted molar refractivity (Wildman–Crippen MR) is 78.8 cm³/mol. The van der Waals surface area contributed by atoms with E-state index in [4.69, 9.17) is 16.7 Å². The molecule has 0 saturated carbocycles. The predicted octanol–water partition coefficient (Wildman–Crippen LogP) is 3.24. The third-order valence-electron chi connectivity index (χ3n) is 2.74. The molecular weight excluding hydrogens is 368 g/mol. The molecule has 0 fully saturated rings. The Bertz CT molecular complexity index is 478. The maximum absolute atomic E-state index is 11.9. The summed E-state index contributed by atoms with van der Waals surface area (Å²) < 4.78 is 0.809. The van der Waals surface area contributed by atoms with Crippen LogP contribution in [0.2, 0.25) is 5.02 Å². The van der Waals surface area contributed by atoms with Gasteiger partial charge in [-0.25, -0.2) is 0 Å². The Hall–Kier alpha value is -0.820. The molecule has 1 aromatic carbocycles. The zero-order valence-electron chi connectivity index (χ0n) is 9.91. The first kappa shape index (κ1) is 15.2. The van der Waals surface area contributed by atoms with Gasteiger partial charge in [-0.2, -0.15) is 0 Å². The molecule has 2 atom stereocenters. The highest BCUT2D eigenvalue weighted by Crippen LogP contribution is 2.23. The van der Waals surface area contributed by atoms with Crippen molar-refractivity contribution in [2.45, 2.75) is 13.8 Å². The fourth-order valence-electron chi connectivity index (χ4n) is 1.28. The summed E-state index contributed by atoms with van der Waals surface area (Å²) in [6.07, 6.45) is 0. The number of carbonyl (C=O) groups excluding carboxylic acids is 1. The lowest BCUT2D eigenvalue weighted by Gasteiger charge is -2.16. The molecular formula is C12H13ClINO3. The van der Waals surface area contributed by atoms with Crippen LogP contribution in [0, 0.1) is 15.4 Å². The third-order valence-corrected chi connectivity index (χ3v) is 3.87. The van der Waals surface area contributed by atoms with Gasteiger partial charge in [-0.05, 0) is 40.8 Å². The maximum atomic E-state index is 11.9. The first-order valence-corrected chi connectivity index (χ1v) is 6.77. The molecule has 4 nitrogen and oxygen atoms in total. The number of hydrogen-bond acceptors (Lipinski definition) is 2. The third kappa shape index (κ3) is 3.84. The molecule has 1 amide bonds. The number of carboxylic acid groups (broad SMARTS) is 1. The van der Waals surface area contributed by atoms with Gasteiger partial charge in [0.2, 0.25) is 5.91 Å². The summed E-state index contributed by atoms with van der Waals surface area (Å²) in [5, 5.41) is 12.2. The maximum Gasteiger partial charge on any atom is 0.307 e. The Labute approximate surface area is 124 Å². The van der Waals surface area contributed by atoms with Crippen LogP contribution in [-0.4, -0.2) is 17.0 Å². The van der Waals surface area contributed by atoms with Crippen LogP contribution in [0.3, 0.4) is 0 Å². The number of aliphatic carboxylic acids is 1. The van der Waals surface area contributed by atoms with Crippen LogP contribution in [0.25, 0.3) is 0 Å². The zero-order chi connectivity index (χ0) is 13.9. The van der Waals surface area contributed by atoms with Gasteiger partial charge in [-0.1, -0.05) is 25.4 Å². The number of rotatable bonds is 4. The van der Waals surface area contributed by atoms with Crippen molar-refractivity contribution in [3.05, 3.63) is 26.8 Å². The van der Waals surface area contributed by atoms with Gasteiger partial charge in [-0.15, -0.1) is 0 Å². The van der Waals surface area contributed by atoms with Crippen molar-refractivity contribution in [1.29, 1.82) is 0 Å². The van der Waals surface area contributed by atoms with Gasteiger partial charge in [0.1, 0.15) is 0 Å². The van der Waals surface area contributed by atoms with Gasteiger partial charge < -0.3 is 10.4 Å². The van der Waals surface area contributed by atoms with Crippen LogP contribution in [-0.2, 0) is 9.59 Å². The van der Waals surface area contributed by atoms with E-state index in [-0.39, 0.29) is 5.91 Å². The fraction of sp³-hybridized carbons (Fsp3) is 0.333. The summed E-state index contributed by atoms with van der Waals surface area (Å²) in [6.45, 7) is 3.11. The molecule has 0 aromatic heterocycles. The molecule has 2 unspecified atom stereocenters. The van der Waals surface area contributed by atoms with Gasteiger partial charge in [0, 0.05) is 14.5 Å². The monoisotopic (exact) mass is 381 g/mol. The van der Waals surface area contributed by atoms with E-state index in [0.717, 1.165) is 3.57 Å². The molecule has 0 heterocycles. The molecule has 0 aliphatic rings. The van der Waals surface area contributed by atoms with Gasteiger partial charge in [0.25, 0.3) is 0 Å². The van der Waals surface area contributed by atoms with Crippen molar-refractivity contribution in [3.8, 4) is 0 Å². The van der Waals surface area contributed by atoms with Crippen molar-refractivity contribution in [1.82, 2.24) is 0 Å². The van der Waals surface area contributed by atoms with Crippen LogP contribution < -0.4 is 5.32 Å². The van der Waals surface area contributed by atoms with Crippen LogP contribution in [0.4, 0.5) is 5.69 Å². The topological polar surface area (TPSA) is 66.4 Å². The fourth-order valence-corrected chi connectivity index (χ4v) is 2.28. The second-order valence-electron chi connectivity index (χ2n) is 4.03. The van der Waals surface area contributed by atoms with Crippen LogP contribution in [0.15, 0.2) is 18.2 Å². The van der Waals surface area contributed by atoms with E-state index in [9.17, 15) is 9.59 Å². The van der Waals surface area contributed by atoms with Gasteiger partial charge >= 0.3 is 5.97 Å². The van der Waals surface area contributed by atoms with E-state index in [0.29, 0.717) is 10.7 Å². The second-order valence-corrected chi connectivity index (χ2v) is 5.63. The highest BCUT2D eigenvalue weighted by atomic mass is 127. The average Bonchev–Trinajstić information content (AvgIpc) is 2.30. The van der Waals surface area contributed by atoms with E-state index < -0.39 is 17.8 Å². The van der Waals surface area contributed by atoms with E-state index in [1.807, 2.05) is 0 Å². The summed E-state index contributed by atoms with van der Waals surface area (Å²) in [7, 11) is 0. The Kier molecular flexibility index (Phi) is 5.40. The Morgan fingerprint density at radius 2 is 1.94 bits per heavy atom. The molecule has 1 rings (SSSR count). The van der Waals surface area contributed by atoms with Gasteiger partial charge in [0.15, 0.2) is 0 Å². The minimum Gasteiger partial charge on any atom is -0.481 e. The van der Waals surface area contributed by atoms with Crippen LogP contribution >= 0.6 is 34.2 Å². The lowest BCUT2D eigenvalue weighted by molar-refractivity contribution is -0.145. The summed E-state index contributed by atoms with van der Waals surface area (Å²) in [4.78, 5) is 22.7. The number of amides is 1. The number of carbonyl (C=O) groups is 2. The summed E-state index contributed by atoms with van der Waals surface area (Å²) in [5.41, 5.74) is 0.634. The van der Waals surface area contributed by atoms with Gasteiger partial charge in [-0.3, -0.25) is 9.59 Å². The molecule has 18 heavy (non-hydrogen) atoms. The molecule has 0 spiro atoms. The highest BCUT2D eigenvalue weighted by Gasteiger charge is 2.26. The molecule has 0 aliphatic carbocycles. The van der Waals surface area contributed by atoms with Crippen molar-refractivity contribution in [2.24, 2.45) is 11.8 Å². The zero-order valence-corrected chi connectivity index (χ0v) is 12.8. The molecule has 1 aromatic rings. The van der Waals surface area contributed by atoms with Crippen LogP contribution in [0.1, 0.15) is 13.8 Å². The Balaban J connectivity index is 2.78. The quantitative estimate of drug-likeness (QED) is 0.787. The summed E-state index contributed by atoms with van der Waals surface area (Å²) >= 11 is 7.87. The molecule has 98 valence electrons. The largest absolute Gasteiger partial charge is 0.481 e. The van der Waals surface area contributed by atoms with Crippen molar-refractivity contribution >= 4 is 51.8 Å². The molecule has 6 heteroatoms. The minimum atomic E-state index is -0.983. The van der Waals surface area contributed by atoms with Crippen molar-refractivity contribution in [2.75, 3.05) is 5.32 Å². The molecule has 0 bridgehead atoms. The Morgan fingerprint density at radius 1 is 1.33 bits per heavy atom. The van der Waals surface area contributed by atoms with E-state index in [1.165, 1.54) is 6.92 Å².